The molecule has 72 heteroatoms. The van der Waals surface area contributed by atoms with Crippen LogP contribution in [0.5, 0.6) is 0 Å². The molecule has 0 amide bonds. The third-order valence-electron chi connectivity index (χ3n) is 13.2. The maximum atomic E-state index is 15.4. The van der Waals surface area contributed by atoms with Crippen LogP contribution in [0.4, 0.5) is 17.6 Å². The molecule has 0 aliphatic carbocycles. The minimum absolute atomic E-state index is 0.235. The summed E-state index contributed by atoms with van der Waals surface area (Å²) >= 11 is 19.2. The first kappa shape index (κ1) is 89.3. The molecule has 4 aliphatic heterocycles. The van der Waals surface area contributed by atoms with Gasteiger partial charge in [0.1, 0.15) is 75.2 Å². The Balaban J connectivity index is 0.000000280. The molecule has 4 unspecified atom stereocenters. The maximum absolute atomic E-state index is 15.4. The summed E-state index contributed by atoms with van der Waals surface area (Å²) in [7, 11) is -45.4. The van der Waals surface area contributed by atoms with Gasteiger partial charge in [0, 0.05) is 24.8 Å². The number of hydrogen-bond acceptors (Lipinski definition) is 40. The molecule has 20 atom stereocenters. The SMILES string of the molecule is O=c1[nH]c(=S)n([C@@H]2O[C@](F)(COP(=O)(O)OP(=O)(O)O)[C@@H](O)[C@H]2O)cc1CO.[2H]C([2H])(OP(=O)(O)OP(=O)(O)O)[C@@]1(F)O[C@@H](n2cc(CO)c(=O)[nH]c2=S)[C@H](O)[C@@H]1O.[2H]C([2H])(OP(=O)(O)OP(=O)(O)O)[C@@]1(F)O[C@@]([2H])(n2cc(CO)c(=O)[nH]c2=S)[C@H](O)[C@@H]1O.[2H][C@@]1(n2cc(CO)c(=O)[nH]c2=S)O[C@](F)(COP(=O)(O)OP(=O)(O)O)[C@@H](O)[C@H]1O. The number of aromatic nitrogens is 8. The van der Waals surface area contributed by atoms with Crippen molar-refractivity contribution in [3.8, 4) is 0 Å². The van der Waals surface area contributed by atoms with Crippen LogP contribution in [0.1, 0.15) is 55.3 Å². The van der Waals surface area contributed by atoms with Gasteiger partial charge in [-0.15, -0.1) is 0 Å². The zero-order valence-corrected chi connectivity index (χ0v) is 63.8. The van der Waals surface area contributed by atoms with E-state index >= 15 is 8.78 Å². The number of halogens is 4. The van der Waals surface area contributed by atoms with Gasteiger partial charge in [0.2, 0.25) is 0 Å². The van der Waals surface area contributed by atoms with Crippen molar-refractivity contribution in [1.82, 2.24) is 38.2 Å². The van der Waals surface area contributed by atoms with E-state index in [-0.39, 0.29) is 21.5 Å². The van der Waals surface area contributed by atoms with Gasteiger partial charge in [0.05, 0.1) is 56.9 Å². The third kappa shape index (κ3) is 26.3. The lowest BCUT2D eigenvalue weighted by atomic mass is 10.1. The zero-order valence-electron chi connectivity index (χ0n) is 59.4. The number of ether oxygens (including phenoxy) is 4. The first-order valence-corrected chi connectivity index (χ1v) is 41.6. The average molecular weight is 1880 g/mol. The molecule has 0 bridgehead atoms. The molecule has 0 saturated carbocycles. The Hall–Kier alpha value is -3.48. The summed E-state index contributed by atoms with van der Waals surface area (Å²) in [6.45, 7) is -15.0. The number of nitrogens with one attached hydrogen (secondary N) is 4. The fraction of sp³-hybridized carbons (Fsp3) is 0.600. The monoisotopic (exact) mass is 1880 g/mol. The Morgan fingerprint density at radius 2 is 0.598 bits per heavy atom. The summed E-state index contributed by atoms with van der Waals surface area (Å²) in [6, 6.07) is 0. The van der Waals surface area contributed by atoms with Crippen molar-refractivity contribution in [3.05, 3.63) is 108 Å². The molecule has 4 saturated heterocycles. The molecule has 4 aliphatic rings. The van der Waals surface area contributed by atoms with E-state index in [1.807, 2.05) is 9.97 Å². The largest absolute Gasteiger partial charge is 0.481 e. The highest BCUT2D eigenvalue weighted by atomic mass is 32.1. The van der Waals surface area contributed by atoms with Crippen molar-refractivity contribution < 1.29 is 237 Å². The van der Waals surface area contributed by atoms with Crippen molar-refractivity contribution in [2.24, 2.45) is 0 Å². The molecule has 0 aromatic carbocycles. The molecule has 56 nitrogen and oxygen atoms in total. The summed E-state index contributed by atoms with van der Waals surface area (Å²) in [5.41, 5.74) is -4.78. The molecule has 4 aromatic heterocycles. The topological polar surface area (TPSA) is 884 Å². The average Bonchev–Trinajstić information content (AvgIpc) is 1.55. The van der Waals surface area contributed by atoms with Crippen LogP contribution in [0.25, 0.3) is 0 Å². The van der Waals surface area contributed by atoms with E-state index in [1.54, 1.807) is 0 Å². The smallest absolute Gasteiger partial charge is 0.391 e. The fourth-order valence-electron chi connectivity index (χ4n) is 8.37. The van der Waals surface area contributed by atoms with Crippen LogP contribution < -0.4 is 22.2 Å². The molecule has 112 heavy (non-hydrogen) atoms. The normalized spacial score (nSPS) is 32.7. The second-order valence-electron chi connectivity index (χ2n) is 21.3. The first-order valence-electron chi connectivity index (χ1n) is 30.9. The summed E-state index contributed by atoms with van der Waals surface area (Å²) in [6.07, 6.45) is -27.1. The number of aliphatic hydroxyl groups is 12. The lowest BCUT2D eigenvalue weighted by molar-refractivity contribution is -0.204. The quantitative estimate of drug-likeness (QED) is 0.0143. The summed E-state index contributed by atoms with van der Waals surface area (Å²) in [5, 5.41) is 117. The summed E-state index contributed by atoms with van der Waals surface area (Å²) in [5.74, 6) is -15.4. The van der Waals surface area contributed by atoms with Crippen LogP contribution >= 0.6 is 111 Å². The third-order valence-corrected chi connectivity index (χ3v) is 22.7. The Kier molecular flexibility index (Phi) is 29.9. The second kappa shape index (κ2) is 37.4. The summed E-state index contributed by atoms with van der Waals surface area (Å²) in [4.78, 5) is 160. The van der Waals surface area contributed by atoms with Gasteiger partial charge in [0.25, 0.3) is 45.7 Å². The maximum Gasteiger partial charge on any atom is 0.481 e. The van der Waals surface area contributed by atoms with Crippen molar-refractivity contribution in [2.75, 3.05) is 26.3 Å². The Labute approximate surface area is 641 Å². The highest BCUT2D eigenvalue weighted by molar-refractivity contribution is 7.72. The van der Waals surface area contributed by atoms with E-state index in [0.29, 0.717) is 19.9 Å². The van der Waals surface area contributed by atoms with Crippen LogP contribution in [0.2, 0.25) is 0 Å². The molecule has 4 aromatic rings. The van der Waals surface area contributed by atoms with Gasteiger partial charge in [-0.05, 0) is 48.9 Å². The van der Waals surface area contributed by atoms with E-state index in [1.165, 1.54) is 0 Å². The van der Waals surface area contributed by atoms with E-state index in [0.717, 1.165) is 23.2 Å². The van der Waals surface area contributed by atoms with Crippen LogP contribution in [0.3, 0.4) is 0 Å². The minimum atomic E-state index is -6.04. The lowest BCUT2D eigenvalue weighted by Gasteiger charge is -2.24. The van der Waals surface area contributed by atoms with Gasteiger partial charge in [-0.2, -0.15) is 17.2 Å². The van der Waals surface area contributed by atoms with Crippen LogP contribution in [0, 0.1) is 19.1 Å². The Morgan fingerprint density at radius 3 is 0.884 bits per heavy atom. The van der Waals surface area contributed by atoms with Crippen molar-refractivity contribution in [1.29, 1.82) is 0 Å². The van der Waals surface area contributed by atoms with Crippen LogP contribution in [-0.2, 0) is 117 Å². The number of rotatable bonds is 28. The van der Waals surface area contributed by atoms with E-state index in [2.05, 4.69) is 59.5 Å². The number of aliphatic hydroxyl groups excluding tert-OH is 12. The zero-order chi connectivity index (χ0) is 91.4. The molecule has 4 fully saturated rings. The molecule has 0 radical (unpaired) electrons. The number of aromatic amines is 4. The Morgan fingerprint density at radius 1 is 0.384 bits per heavy atom. The highest BCUT2D eigenvalue weighted by Gasteiger charge is 2.61. The van der Waals surface area contributed by atoms with Crippen LogP contribution in [0.15, 0.2) is 44.0 Å². The molecule has 28 N–H and O–H groups in total. The van der Waals surface area contributed by atoms with Gasteiger partial charge < -0.3 is 139 Å². The van der Waals surface area contributed by atoms with Crippen molar-refractivity contribution in [2.45, 2.75) is 124 Å². The number of hydrogen-bond donors (Lipinski definition) is 28. The molecule has 8 rings (SSSR count). The standard InChI is InChI=1S/4C10H15FN2O12P2S/c4*11-10(3-23-27(21,22)25-26(18,19)20)6(16)5(15)8(24-10)13-1-4(2-14)7(17)12-9(13)28/h4*1,5-6,8,14-16H,2-3H2,(H,21,22)(H,12,17,28)(H2,18,19,20)/t4*5-,6+,8-,10-/m1111/s1/i3D2,8D;8D;3D2;. The lowest BCUT2D eigenvalue weighted by Crippen LogP contribution is -2.42. The number of phosphoric acid groups is 8. The number of H-pyrrole nitrogens is 4. The Bertz CT molecular complexity index is 5340. The van der Waals surface area contributed by atoms with E-state index in [9.17, 15) is 120 Å². The van der Waals surface area contributed by atoms with Gasteiger partial charge in [0.15, 0.2) is 43.9 Å². The van der Waals surface area contributed by atoms with E-state index < -0.39 is 255 Å². The van der Waals surface area contributed by atoms with Crippen molar-refractivity contribution in [3.63, 3.8) is 0 Å². The predicted octanol–water partition coefficient (Wildman–Crippen LogP) is -5.84. The molecular weight excluding hydrogens is 1810 g/mol. The van der Waals surface area contributed by atoms with Crippen LogP contribution in [-0.4, -0.2) is 257 Å². The molecular formula is C40H60F4N8O48P8S4. The molecule has 640 valence electrons. The minimum Gasteiger partial charge on any atom is -0.391 e. The van der Waals surface area contributed by atoms with Gasteiger partial charge in [-0.3, -0.25) is 75.5 Å². The van der Waals surface area contributed by atoms with Crippen molar-refractivity contribution >= 4 is 111 Å². The number of phosphoric ester groups is 4. The summed E-state index contributed by atoms with van der Waals surface area (Å²) < 4.78 is 243. The van der Waals surface area contributed by atoms with E-state index in [4.69, 9.17) is 126 Å². The highest BCUT2D eigenvalue weighted by Crippen LogP contribution is 2.62. The number of nitrogens with zero attached hydrogens (tertiary/aromatic N) is 4. The number of alkyl halides is 4. The molecule has 0 spiro atoms. The van der Waals surface area contributed by atoms with Gasteiger partial charge in [-0.25, -0.2) is 54.1 Å². The molecule has 8 heterocycles. The predicted molar refractivity (Wildman–Crippen MR) is 347 cm³/mol. The van der Waals surface area contributed by atoms with Gasteiger partial charge in [-0.1, -0.05) is 0 Å². The second-order valence-corrected chi connectivity index (χ2v) is 34.1. The first-order chi connectivity index (χ1) is 53.0. The van der Waals surface area contributed by atoms with Gasteiger partial charge >= 0.3 is 62.6 Å². The fourth-order valence-corrected chi connectivity index (χ4v) is 15.4.